The number of carbonyl (C=O) groups excluding carboxylic acids is 4. The van der Waals surface area contributed by atoms with Crippen LogP contribution in [0.1, 0.15) is 83.1 Å². The summed E-state index contributed by atoms with van der Waals surface area (Å²) in [5, 5.41) is 12.8. The van der Waals surface area contributed by atoms with Gasteiger partial charge in [0, 0.05) is 28.5 Å². The van der Waals surface area contributed by atoms with Gasteiger partial charge in [-0.05, 0) is 61.2 Å². The number of fused-ring (bicyclic) bond motifs is 4. The Bertz CT molecular complexity index is 2210. The van der Waals surface area contributed by atoms with Gasteiger partial charge in [-0.1, -0.05) is 54.6 Å². The maximum absolute atomic E-state index is 14.2. The molecule has 51 heavy (non-hydrogen) atoms. The number of aryl methyl sites for hydroxylation is 1. The van der Waals surface area contributed by atoms with Crippen LogP contribution in [0.4, 0.5) is 0 Å². The molecule has 1 N–H and O–H groups in total. The summed E-state index contributed by atoms with van der Waals surface area (Å²) in [6.45, 7) is 3.49. The second-order valence-electron chi connectivity index (χ2n) is 12.5. The molecule has 1 aliphatic carbocycles. The van der Waals surface area contributed by atoms with Gasteiger partial charge < -0.3 is 28.8 Å². The summed E-state index contributed by atoms with van der Waals surface area (Å²) in [7, 11) is 2.83. The maximum atomic E-state index is 14.2. The fourth-order valence-electron chi connectivity index (χ4n) is 7.14. The Morgan fingerprint density at radius 2 is 1.37 bits per heavy atom. The van der Waals surface area contributed by atoms with Crippen molar-refractivity contribution in [1.29, 1.82) is 0 Å². The molecule has 10 nitrogen and oxygen atoms in total. The second kappa shape index (κ2) is 13.4. The lowest BCUT2D eigenvalue weighted by molar-refractivity contribution is -0.167. The number of hydrogen-bond acceptors (Lipinski definition) is 10. The van der Waals surface area contributed by atoms with Crippen LogP contribution in [0.15, 0.2) is 91.0 Å². The van der Waals surface area contributed by atoms with E-state index >= 15 is 0 Å². The number of hydrogen-bond donors (Lipinski definition) is 1. The van der Waals surface area contributed by atoms with Crippen LogP contribution in [0.2, 0.25) is 0 Å². The van der Waals surface area contributed by atoms with Gasteiger partial charge in [0.25, 0.3) is 0 Å². The topological polar surface area (TPSA) is 135 Å². The number of ketones is 2. The summed E-state index contributed by atoms with van der Waals surface area (Å²) < 4.78 is 29.5. The number of carbonyl (C=O) groups is 4. The number of phenolic OH excluding ortho intramolecular Hbond substituents is 1. The average molecular weight is 687 g/mol. The number of esters is 2. The molecule has 10 heteroatoms. The predicted molar refractivity (Wildman–Crippen MR) is 186 cm³/mol. The predicted octanol–water partition coefficient (Wildman–Crippen LogP) is 6.95. The van der Waals surface area contributed by atoms with Crippen molar-refractivity contribution in [3.63, 3.8) is 0 Å². The van der Waals surface area contributed by atoms with Crippen molar-refractivity contribution in [2.45, 2.75) is 44.7 Å². The van der Waals surface area contributed by atoms with Crippen molar-refractivity contribution in [3.05, 3.63) is 136 Å². The number of phenols is 1. The summed E-state index contributed by atoms with van der Waals surface area (Å²) >= 11 is 0. The van der Waals surface area contributed by atoms with E-state index in [1.54, 1.807) is 105 Å². The molecule has 2 aliphatic rings. The summed E-state index contributed by atoms with van der Waals surface area (Å²) in [5.41, 5.74) is 1.85. The molecule has 1 fully saturated rings. The molecule has 1 heterocycles. The van der Waals surface area contributed by atoms with Crippen molar-refractivity contribution in [1.82, 2.24) is 0 Å². The maximum Gasteiger partial charge on any atom is 0.338 e. The van der Waals surface area contributed by atoms with Crippen LogP contribution in [0.3, 0.4) is 0 Å². The molecule has 0 amide bonds. The van der Waals surface area contributed by atoms with Crippen molar-refractivity contribution >= 4 is 34.3 Å². The van der Waals surface area contributed by atoms with Gasteiger partial charge in [0.1, 0.15) is 23.4 Å². The zero-order valence-corrected chi connectivity index (χ0v) is 28.3. The molecule has 7 rings (SSSR count). The minimum absolute atomic E-state index is 0.000524. The van der Waals surface area contributed by atoms with Crippen molar-refractivity contribution in [2.75, 3.05) is 14.2 Å². The average Bonchev–Trinajstić information content (AvgIpc) is 3.14. The highest BCUT2D eigenvalue weighted by atomic mass is 16.6. The Labute approximate surface area is 293 Å². The molecule has 0 saturated carbocycles. The fraction of sp³-hybridized carbons (Fsp3) is 0.220. The number of rotatable bonds is 7. The molecule has 1 saturated heterocycles. The molecule has 0 bridgehead atoms. The lowest BCUT2D eigenvalue weighted by Gasteiger charge is -2.40. The Morgan fingerprint density at radius 1 is 0.745 bits per heavy atom. The van der Waals surface area contributed by atoms with E-state index in [0.717, 1.165) is 0 Å². The first-order valence-corrected chi connectivity index (χ1v) is 16.4. The van der Waals surface area contributed by atoms with Gasteiger partial charge in [0.05, 0.1) is 48.7 Å². The first-order valence-electron chi connectivity index (χ1n) is 16.4. The van der Waals surface area contributed by atoms with E-state index in [-0.39, 0.29) is 51.3 Å². The second-order valence-corrected chi connectivity index (χ2v) is 12.5. The van der Waals surface area contributed by atoms with Gasteiger partial charge in [0.15, 0.2) is 11.9 Å². The van der Waals surface area contributed by atoms with Gasteiger partial charge in [-0.2, -0.15) is 0 Å². The minimum atomic E-state index is -0.993. The molecule has 0 spiro atoms. The summed E-state index contributed by atoms with van der Waals surface area (Å²) in [6.07, 6.45) is -3.65. The third-order valence-electron chi connectivity index (χ3n) is 9.50. The minimum Gasteiger partial charge on any atom is -0.507 e. The van der Waals surface area contributed by atoms with Crippen LogP contribution >= 0.6 is 0 Å². The highest BCUT2D eigenvalue weighted by Gasteiger charge is 2.44. The van der Waals surface area contributed by atoms with E-state index in [9.17, 15) is 24.3 Å². The van der Waals surface area contributed by atoms with Gasteiger partial charge in [0.2, 0.25) is 5.78 Å². The highest BCUT2D eigenvalue weighted by molar-refractivity contribution is 6.34. The lowest BCUT2D eigenvalue weighted by Crippen LogP contribution is -2.49. The third kappa shape index (κ3) is 5.77. The zero-order chi connectivity index (χ0) is 36.0. The fourth-order valence-corrected chi connectivity index (χ4v) is 7.14. The van der Waals surface area contributed by atoms with Gasteiger partial charge in [-0.25, -0.2) is 9.59 Å². The van der Waals surface area contributed by atoms with Crippen LogP contribution < -0.4 is 9.47 Å². The van der Waals surface area contributed by atoms with Crippen molar-refractivity contribution in [2.24, 2.45) is 0 Å². The van der Waals surface area contributed by atoms with Gasteiger partial charge in [-0.3, -0.25) is 9.59 Å². The number of aromatic hydroxyl groups is 1. The summed E-state index contributed by atoms with van der Waals surface area (Å²) in [6, 6.07) is 25.1. The smallest absolute Gasteiger partial charge is 0.338 e. The number of benzene rings is 5. The van der Waals surface area contributed by atoms with E-state index < -0.39 is 47.9 Å². The lowest BCUT2D eigenvalue weighted by atomic mass is 9.79. The summed E-state index contributed by atoms with van der Waals surface area (Å²) in [5.74, 6) is -2.02. The highest BCUT2D eigenvalue weighted by Crippen LogP contribution is 2.48. The van der Waals surface area contributed by atoms with Crippen LogP contribution in [0, 0.1) is 6.92 Å². The SMILES string of the molecule is COc1cccc2c1C(=O)c1c(OC)cc3cc(C)c([C@H]4C[C@@H](OC(=O)c5ccccc5)[C@H](OC(=O)c5ccccc5)[C@@H](C)O4)c(O)c3c1C2=O. The number of methoxy groups -OCH3 is 2. The molecule has 0 aromatic heterocycles. The number of ether oxygens (including phenoxy) is 5. The van der Waals surface area contributed by atoms with E-state index in [1.807, 2.05) is 0 Å². The van der Waals surface area contributed by atoms with Gasteiger partial charge in [-0.15, -0.1) is 0 Å². The van der Waals surface area contributed by atoms with E-state index in [2.05, 4.69) is 0 Å². The van der Waals surface area contributed by atoms with Gasteiger partial charge >= 0.3 is 11.9 Å². The zero-order valence-electron chi connectivity index (χ0n) is 28.3. The quantitative estimate of drug-likeness (QED) is 0.176. The first-order chi connectivity index (χ1) is 24.6. The molecule has 4 atom stereocenters. The molecule has 5 aromatic carbocycles. The van der Waals surface area contributed by atoms with Crippen molar-refractivity contribution in [3.8, 4) is 17.2 Å². The Hall–Kier alpha value is -6.00. The molecule has 0 unspecified atom stereocenters. The monoisotopic (exact) mass is 686 g/mol. The molecule has 258 valence electrons. The molecular weight excluding hydrogens is 652 g/mol. The van der Waals surface area contributed by atoms with Crippen LogP contribution in [-0.2, 0) is 14.2 Å². The molecule has 5 aromatic rings. The first kappa shape index (κ1) is 33.5. The largest absolute Gasteiger partial charge is 0.507 e. The van der Waals surface area contributed by atoms with E-state index in [1.165, 1.54) is 14.2 Å². The standard InChI is InChI=1S/C41H34O10/c1-21-18-25-19-28(48-4)34-35(36(42)26-16-11-17-27(47-3)33(26)38(34)44)32(25)37(43)31(21)29-20-30(50-40(45)23-12-7-5-8-13-23)39(22(2)49-29)51-41(46)24-14-9-6-10-15-24/h5-19,22,29-30,39,43H,20H2,1-4H3/t22-,29-,30-,39-/m1/s1. The summed E-state index contributed by atoms with van der Waals surface area (Å²) in [4.78, 5) is 54.9. The normalized spacial score (nSPS) is 19.5. The molecular formula is C41H34O10. The Balaban J connectivity index is 1.33. The van der Waals surface area contributed by atoms with Crippen LogP contribution in [0.5, 0.6) is 17.2 Å². The Kier molecular flexibility index (Phi) is 8.78. The van der Waals surface area contributed by atoms with Crippen molar-refractivity contribution < 1.29 is 48.0 Å². The Morgan fingerprint density at radius 3 is 2.00 bits per heavy atom. The van der Waals surface area contributed by atoms with Crippen LogP contribution in [0.25, 0.3) is 10.8 Å². The molecule has 1 aliphatic heterocycles. The van der Waals surface area contributed by atoms with E-state index in [4.69, 9.17) is 23.7 Å². The van der Waals surface area contributed by atoms with Crippen LogP contribution in [-0.4, -0.2) is 61.1 Å². The third-order valence-corrected chi connectivity index (χ3v) is 9.50. The molecule has 0 radical (unpaired) electrons. The van der Waals surface area contributed by atoms with E-state index in [0.29, 0.717) is 27.6 Å².